The summed E-state index contributed by atoms with van der Waals surface area (Å²) in [6.07, 6.45) is 0. The molecule has 3 aromatic carbocycles. The van der Waals surface area contributed by atoms with Gasteiger partial charge in [0.25, 0.3) is 0 Å². The summed E-state index contributed by atoms with van der Waals surface area (Å²) in [4.78, 5) is 0. The van der Waals surface area contributed by atoms with Crippen LogP contribution in [0.3, 0.4) is 0 Å². The zero-order valence-corrected chi connectivity index (χ0v) is 24.4. The van der Waals surface area contributed by atoms with Gasteiger partial charge >= 0.3 is 37.9 Å². The molecule has 0 amide bonds. The number of rotatable bonds is 4. The normalized spacial score (nSPS) is 11.9. The van der Waals surface area contributed by atoms with Gasteiger partial charge in [-0.2, -0.15) is 33.5 Å². The van der Waals surface area contributed by atoms with Crippen molar-refractivity contribution in [1.29, 1.82) is 0 Å². The molecule has 0 unspecified atom stereocenters. The van der Waals surface area contributed by atoms with Crippen LogP contribution in [0.4, 0.5) is 0 Å². The first-order valence-corrected chi connectivity index (χ1v) is 22.9. The number of benzene rings is 1. The van der Waals surface area contributed by atoms with Crippen molar-refractivity contribution in [3.63, 3.8) is 0 Å². The van der Waals surface area contributed by atoms with E-state index in [-0.39, 0.29) is 0 Å². The molecule has 0 aliphatic heterocycles. The van der Waals surface area contributed by atoms with Crippen molar-refractivity contribution in [1.82, 2.24) is 0 Å². The van der Waals surface area contributed by atoms with Crippen LogP contribution < -0.4 is 10.4 Å². The second kappa shape index (κ2) is 9.48. The van der Waals surface area contributed by atoms with Crippen LogP contribution in [-0.2, 0) is 26.9 Å². The molecule has 0 nitrogen and oxygen atoms in total. The van der Waals surface area contributed by atoms with E-state index in [1.165, 1.54) is 33.5 Å². The molecule has 0 spiro atoms. The van der Waals surface area contributed by atoms with Crippen LogP contribution >= 0.6 is 17.0 Å². The first-order chi connectivity index (χ1) is 12.9. The third-order valence-corrected chi connectivity index (χ3v) is 10.9. The van der Waals surface area contributed by atoms with Crippen LogP contribution in [0.1, 0.15) is 22.3 Å². The van der Waals surface area contributed by atoms with Crippen molar-refractivity contribution in [3.8, 4) is 0 Å². The molecular formula is C23H32Cl2Si2Zr. The summed E-state index contributed by atoms with van der Waals surface area (Å²) in [5.41, 5.74) is 6.04. The summed E-state index contributed by atoms with van der Waals surface area (Å²) in [5, 5.41) is 6.25. The van der Waals surface area contributed by atoms with Crippen LogP contribution in [0.5, 0.6) is 0 Å². The Morgan fingerprint density at radius 3 is 1.96 bits per heavy atom. The first-order valence-electron chi connectivity index (χ1n) is 9.82. The van der Waals surface area contributed by atoms with Gasteiger partial charge in [-0.15, -0.1) is 40.2 Å². The number of hydrogen-bond donors (Lipinski definition) is 0. The van der Waals surface area contributed by atoms with Gasteiger partial charge in [-0.3, -0.25) is 0 Å². The number of fused-ring (bicyclic) bond motifs is 1. The van der Waals surface area contributed by atoms with Gasteiger partial charge in [-0.05, 0) is 0 Å². The summed E-state index contributed by atoms with van der Waals surface area (Å²) in [5.74, 6) is 0. The average molecular weight is 527 g/mol. The predicted molar refractivity (Wildman–Crippen MR) is 131 cm³/mol. The monoisotopic (exact) mass is 524 g/mol. The van der Waals surface area contributed by atoms with Crippen LogP contribution in [0, 0.1) is 20.8 Å². The average Bonchev–Trinajstić information content (AvgIpc) is 3.08. The number of aryl methyl sites for hydroxylation is 1. The maximum atomic E-state index is 4.93. The molecular weight excluding hydrogens is 495 g/mol. The number of halogens is 2. The molecule has 0 bridgehead atoms. The quantitative estimate of drug-likeness (QED) is 0.258. The molecule has 0 fully saturated rings. The predicted octanol–water partition coefficient (Wildman–Crippen LogP) is 6.82. The molecule has 0 aromatic heterocycles. The van der Waals surface area contributed by atoms with E-state index in [0.717, 1.165) is 0 Å². The fourth-order valence-corrected chi connectivity index (χ4v) is 9.14. The van der Waals surface area contributed by atoms with Crippen LogP contribution in [0.15, 0.2) is 36.4 Å². The molecule has 0 saturated heterocycles. The van der Waals surface area contributed by atoms with E-state index in [0.29, 0.717) is 0 Å². The van der Waals surface area contributed by atoms with Gasteiger partial charge < -0.3 is 0 Å². The summed E-state index contributed by atoms with van der Waals surface area (Å²) < 4.78 is 0. The van der Waals surface area contributed by atoms with Gasteiger partial charge in [0.15, 0.2) is 0 Å². The van der Waals surface area contributed by atoms with Gasteiger partial charge in [0.05, 0.1) is 0 Å². The van der Waals surface area contributed by atoms with Gasteiger partial charge in [-0.25, -0.2) is 0 Å². The Labute approximate surface area is 192 Å². The molecule has 0 saturated carbocycles. The zero-order valence-electron chi connectivity index (χ0n) is 18.4. The Bertz CT molecular complexity index is 946. The summed E-state index contributed by atoms with van der Waals surface area (Å²) in [7, 11) is 7.01. The van der Waals surface area contributed by atoms with Crippen LogP contribution in [-0.4, -0.2) is 16.1 Å². The molecule has 3 aromatic rings. The molecule has 28 heavy (non-hydrogen) atoms. The second-order valence-electron chi connectivity index (χ2n) is 9.55. The molecule has 150 valence electrons. The molecule has 0 N–H and O–H groups in total. The van der Waals surface area contributed by atoms with E-state index >= 15 is 0 Å². The van der Waals surface area contributed by atoms with Gasteiger partial charge in [-0.1, -0.05) is 65.6 Å². The van der Waals surface area contributed by atoms with Crippen LogP contribution in [0.25, 0.3) is 10.8 Å². The second-order valence-corrected chi connectivity index (χ2v) is 23.1. The van der Waals surface area contributed by atoms with Crippen molar-refractivity contribution in [3.05, 3.63) is 58.7 Å². The summed E-state index contributed by atoms with van der Waals surface area (Å²) in [6, 6.07) is 15.4. The standard InChI is InChI=1S/C23H32Si2.2ClH.Zr/c1-16-13-22(18(3)17(16)2)25(7,8)23-14-19(15-24(4,5)6)20-11-9-10-12-21(20)23;;;/h9-14H,15H2,1-8H3;2*1H;/q-2;;;+4/p-2. The van der Waals surface area contributed by atoms with E-state index in [1.807, 2.05) is 0 Å². The molecule has 0 radical (unpaired) electrons. The Hall–Kier alpha value is 0.0769. The molecule has 5 heteroatoms. The Balaban J connectivity index is 0.000000878. The third-order valence-electron chi connectivity index (χ3n) is 5.87. The van der Waals surface area contributed by atoms with E-state index in [2.05, 4.69) is 89.9 Å². The maximum absolute atomic E-state index is 4.93. The molecule has 3 rings (SSSR count). The Kier molecular flexibility index (Phi) is 8.24. The fraction of sp³-hybridized carbons (Fsp3) is 0.391. The Morgan fingerprint density at radius 1 is 0.893 bits per heavy atom. The van der Waals surface area contributed by atoms with E-state index in [9.17, 15) is 0 Å². The zero-order chi connectivity index (χ0) is 21.3. The van der Waals surface area contributed by atoms with Crippen molar-refractivity contribution in [2.75, 3.05) is 0 Å². The molecule has 0 aliphatic carbocycles. The van der Waals surface area contributed by atoms with Gasteiger partial charge in [0.2, 0.25) is 0 Å². The molecule has 0 heterocycles. The SMILES string of the molecule is Cc1c[c-]([Si](C)(C)[c-]2cc(C[Si](C)(C)C)c3ccccc32)c(C)c1C.[Cl][Zr+2][Cl]. The van der Waals surface area contributed by atoms with Crippen molar-refractivity contribution >= 4 is 54.3 Å². The minimum absolute atomic E-state index is 0.826. The third kappa shape index (κ3) is 5.21. The number of hydrogen-bond acceptors (Lipinski definition) is 0. The van der Waals surface area contributed by atoms with Gasteiger partial charge in [0, 0.05) is 16.1 Å². The topological polar surface area (TPSA) is 0 Å². The van der Waals surface area contributed by atoms with Crippen molar-refractivity contribution in [2.45, 2.75) is 59.6 Å². The first kappa shape index (κ1) is 24.3. The summed E-state index contributed by atoms with van der Waals surface area (Å²) in [6.45, 7) is 19.4. The molecule has 0 atom stereocenters. The van der Waals surface area contributed by atoms with Crippen molar-refractivity contribution < 1.29 is 20.8 Å². The van der Waals surface area contributed by atoms with E-state index < -0.39 is 37.0 Å². The van der Waals surface area contributed by atoms with E-state index in [4.69, 9.17) is 17.0 Å². The van der Waals surface area contributed by atoms with Crippen LogP contribution in [0.2, 0.25) is 32.7 Å². The Morgan fingerprint density at radius 2 is 1.46 bits per heavy atom. The minimum atomic E-state index is -1.71. The van der Waals surface area contributed by atoms with Gasteiger partial charge in [0.1, 0.15) is 0 Å². The summed E-state index contributed by atoms with van der Waals surface area (Å²) >= 11 is -0.826. The molecule has 0 aliphatic rings. The van der Waals surface area contributed by atoms with Crippen molar-refractivity contribution in [2.24, 2.45) is 0 Å². The fourth-order valence-electron chi connectivity index (χ4n) is 4.29. The van der Waals surface area contributed by atoms with E-state index in [1.54, 1.807) is 15.9 Å².